The Morgan fingerprint density at radius 2 is 1.78 bits per heavy atom. The molecule has 0 bridgehead atoms. The lowest BCUT2D eigenvalue weighted by Gasteiger charge is -2.40. The monoisotopic (exact) mass is 348 g/mol. The van der Waals surface area contributed by atoms with Crippen LogP contribution in [0.1, 0.15) is 57.7 Å². The van der Waals surface area contributed by atoms with Gasteiger partial charge in [-0.2, -0.15) is 18.3 Å². The van der Waals surface area contributed by atoms with Gasteiger partial charge >= 0.3 is 6.18 Å². The van der Waals surface area contributed by atoms with Crippen LogP contribution in [-0.2, 0) is 6.18 Å². The zero-order valence-corrected chi connectivity index (χ0v) is 15.3. The molecule has 0 spiro atoms. The van der Waals surface area contributed by atoms with Crippen molar-refractivity contribution in [1.29, 1.82) is 0 Å². The van der Waals surface area contributed by atoms with E-state index >= 15 is 0 Å². The third-order valence-corrected chi connectivity index (χ3v) is 9.06. The molecule has 132 valence electrons. The minimum Gasteiger partial charge on any atom is -0.432 e. The van der Waals surface area contributed by atoms with Gasteiger partial charge in [-0.15, -0.1) is 0 Å². The number of hydrogen-bond donors (Lipinski definition) is 1. The van der Waals surface area contributed by atoms with E-state index in [4.69, 9.17) is 0 Å². The molecule has 0 radical (unpaired) electrons. The Morgan fingerprint density at radius 3 is 2.22 bits per heavy atom. The first-order valence-corrected chi connectivity index (χ1v) is 11.2. The molecular formula is C16H27F3N2OSi. The van der Waals surface area contributed by atoms with Crippen molar-refractivity contribution in [1.82, 2.24) is 9.78 Å². The number of aromatic nitrogens is 2. The summed E-state index contributed by atoms with van der Waals surface area (Å²) in [5, 5.41) is 3.66. The molecule has 3 nitrogen and oxygen atoms in total. The fourth-order valence-electron chi connectivity index (χ4n) is 3.28. The van der Waals surface area contributed by atoms with Crippen LogP contribution in [0.3, 0.4) is 0 Å². The lowest BCUT2D eigenvalue weighted by Crippen LogP contribution is -2.40. The highest BCUT2D eigenvalue weighted by molar-refractivity contribution is 6.72. The Morgan fingerprint density at radius 1 is 1.22 bits per heavy atom. The standard InChI is InChI=1S/C16H27F3N2OSi/c1-15(2,23(3,4)22)11-12-5-7-13(8-6-12)21-10-9-14(20-21)16(17,18)19/h9-10,12-13,22H,5-8,11H2,1-4H3. The van der Waals surface area contributed by atoms with E-state index in [9.17, 15) is 18.0 Å². The molecule has 1 aromatic heterocycles. The SMILES string of the molecule is CC(C)(CC1CCC(n2ccc(C(F)(F)F)n2)CC1)[Si](C)(C)O. The van der Waals surface area contributed by atoms with Crippen LogP contribution in [0.5, 0.6) is 0 Å². The molecule has 1 aromatic rings. The molecule has 1 aliphatic carbocycles. The van der Waals surface area contributed by atoms with E-state index in [1.54, 1.807) is 0 Å². The summed E-state index contributed by atoms with van der Waals surface area (Å²) in [4.78, 5) is 10.4. The first-order chi connectivity index (χ1) is 10.4. The number of nitrogens with zero attached hydrogens (tertiary/aromatic N) is 2. The Balaban J connectivity index is 1.93. The maximum atomic E-state index is 12.6. The van der Waals surface area contributed by atoms with Gasteiger partial charge in [0.05, 0.1) is 6.04 Å². The van der Waals surface area contributed by atoms with Crippen LogP contribution in [0.25, 0.3) is 0 Å². The van der Waals surface area contributed by atoms with E-state index in [0.717, 1.165) is 38.2 Å². The molecule has 2 rings (SSSR count). The zero-order valence-electron chi connectivity index (χ0n) is 14.3. The van der Waals surface area contributed by atoms with E-state index in [-0.39, 0.29) is 11.1 Å². The molecule has 1 N–H and O–H groups in total. The Labute approximate surface area is 137 Å². The third kappa shape index (κ3) is 4.38. The second-order valence-corrected chi connectivity index (χ2v) is 12.5. The number of alkyl halides is 3. The van der Waals surface area contributed by atoms with Crippen LogP contribution >= 0.6 is 0 Å². The average molecular weight is 348 g/mol. The van der Waals surface area contributed by atoms with E-state index in [2.05, 4.69) is 18.9 Å². The molecule has 1 fully saturated rings. The maximum Gasteiger partial charge on any atom is 0.435 e. The largest absolute Gasteiger partial charge is 0.435 e. The van der Waals surface area contributed by atoms with Crippen LogP contribution in [0.15, 0.2) is 12.3 Å². The highest BCUT2D eigenvalue weighted by atomic mass is 28.4. The number of halogens is 3. The highest BCUT2D eigenvalue weighted by Gasteiger charge is 2.40. The summed E-state index contributed by atoms with van der Waals surface area (Å²) in [5.41, 5.74) is -0.811. The normalized spacial score (nSPS) is 24.0. The Bertz CT molecular complexity index is 526. The lowest BCUT2D eigenvalue weighted by molar-refractivity contribution is -0.141. The second kappa shape index (κ2) is 6.24. The summed E-state index contributed by atoms with van der Waals surface area (Å²) < 4.78 is 39.4. The van der Waals surface area contributed by atoms with E-state index in [0.29, 0.717) is 5.92 Å². The fraction of sp³-hybridized carbons (Fsp3) is 0.812. The molecule has 1 heterocycles. The van der Waals surface area contributed by atoms with Gasteiger partial charge in [-0.25, -0.2) is 0 Å². The quantitative estimate of drug-likeness (QED) is 0.778. The van der Waals surface area contributed by atoms with Gasteiger partial charge in [-0.05, 0) is 62.2 Å². The molecule has 0 aromatic carbocycles. The van der Waals surface area contributed by atoms with E-state index in [1.165, 1.54) is 10.9 Å². The Kier molecular flexibility index (Phi) is 5.02. The van der Waals surface area contributed by atoms with Gasteiger partial charge in [-0.3, -0.25) is 4.68 Å². The summed E-state index contributed by atoms with van der Waals surface area (Å²) >= 11 is 0. The lowest BCUT2D eigenvalue weighted by atomic mass is 9.81. The van der Waals surface area contributed by atoms with Crippen LogP contribution in [0.2, 0.25) is 18.1 Å². The van der Waals surface area contributed by atoms with Crippen molar-refractivity contribution in [2.24, 2.45) is 5.92 Å². The first-order valence-electron chi connectivity index (χ1n) is 8.25. The molecule has 0 saturated heterocycles. The van der Waals surface area contributed by atoms with Gasteiger partial charge in [0.15, 0.2) is 14.0 Å². The molecule has 0 atom stereocenters. The zero-order chi connectivity index (χ0) is 17.5. The highest BCUT2D eigenvalue weighted by Crippen LogP contribution is 2.46. The van der Waals surface area contributed by atoms with Crippen molar-refractivity contribution in [2.45, 2.75) is 76.3 Å². The van der Waals surface area contributed by atoms with Crippen LogP contribution in [0.4, 0.5) is 13.2 Å². The average Bonchev–Trinajstić information content (AvgIpc) is 2.87. The van der Waals surface area contributed by atoms with Gasteiger partial charge in [-0.1, -0.05) is 13.8 Å². The van der Waals surface area contributed by atoms with Crippen molar-refractivity contribution in [2.75, 3.05) is 0 Å². The van der Waals surface area contributed by atoms with Gasteiger partial charge in [0, 0.05) is 6.20 Å². The van der Waals surface area contributed by atoms with Gasteiger partial charge in [0.1, 0.15) is 0 Å². The fourth-order valence-corrected chi connectivity index (χ4v) is 4.07. The smallest absolute Gasteiger partial charge is 0.432 e. The summed E-state index contributed by atoms with van der Waals surface area (Å²) in [6.07, 6.45) is 1.74. The van der Waals surface area contributed by atoms with Gasteiger partial charge in [0.2, 0.25) is 0 Å². The van der Waals surface area contributed by atoms with Crippen LogP contribution in [-0.4, -0.2) is 22.9 Å². The first kappa shape index (κ1) is 18.5. The summed E-state index contributed by atoms with van der Waals surface area (Å²) in [6.45, 7) is 8.21. The summed E-state index contributed by atoms with van der Waals surface area (Å²) in [5.74, 6) is 0.540. The maximum absolute atomic E-state index is 12.6. The van der Waals surface area contributed by atoms with Gasteiger partial charge < -0.3 is 4.80 Å². The molecular weight excluding hydrogens is 321 g/mol. The molecule has 23 heavy (non-hydrogen) atoms. The van der Waals surface area contributed by atoms with Crippen molar-refractivity contribution in [3.63, 3.8) is 0 Å². The van der Waals surface area contributed by atoms with E-state index in [1.807, 2.05) is 13.1 Å². The molecule has 7 heteroatoms. The molecule has 0 aliphatic heterocycles. The van der Waals surface area contributed by atoms with Crippen molar-refractivity contribution < 1.29 is 18.0 Å². The molecule has 1 aliphatic rings. The topological polar surface area (TPSA) is 38.0 Å². The van der Waals surface area contributed by atoms with E-state index < -0.39 is 20.2 Å². The predicted octanol–water partition coefficient (Wildman–Crippen LogP) is 5.00. The number of hydrogen-bond acceptors (Lipinski definition) is 2. The second-order valence-electron chi connectivity index (χ2n) is 8.00. The molecule has 1 saturated carbocycles. The third-order valence-electron chi connectivity index (χ3n) is 5.54. The summed E-state index contributed by atoms with van der Waals surface area (Å²) in [7, 11) is -2.21. The molecule has 0 unspecified atom stereocenters. The van der Waals surface area contributed by atoms with Crippen molar-refractivity contribution >= 4 is 8.32 Å². The number of rotatable bonds is 4. The molecule has 0 amide bonds. The van der Waals surface area contributed by atoms with Crippen molar-refractivity contribution in [3.8, 4) is 0 Å². The predicted molar refractivity (Wildman–Crippen MR) is 86.6 cm³/mol. The van der Waals surface area contributed by atoms with Gasteiger partial charge in [0.25, 0.3) is 0 Å². The minimum atomic E-state index is -4.37. The van der Waals surface area contributed by atoms with Crippen LogP contribution in [0, 0.1) is 5.92 Å². The summed E-state index contributed by atoms with van der Waals surface area (Å²) in [6, 6.07) is 1.11. The Hall–Kier alpha value is -0.823. The van der Waals surface area contributed by atoms with Crippen molar-refractivity contribution in [3.05, 3.63) is 18.0 Å². The minimum absolute atomic E-state index is 0.0420. The van der Waals surface area contributed by atoms with Crippen LogP contribution < -0.4 is 0 Å².